The number of nitrogens with zero attached hydrogens (tertiary/aromatic N) is 7. The highest BCUT2D eigenvalue weighted by molar-refractivity contribution is 7.52. The minimum absolute atomic E-state index is 0.129. The second-order valence-electron chi connectivity index (χ2n) is 8.66. The van der Waals surface area contributed by atoms with Crippen LogP contribution >= 0.6 is 8.30 Å². The summed E-state index contributed by atoms with van der Waals surface area (Å²) in [4.78, 5) is 49.3. The average Bonchev–Trinajstić information content (AvgIpc) is 3.38. The lowest BCUT2D eigenvalue weighted by Gasteiger charge is -2.27. The van der Waals surface area contributed by atoms with Crippen LogP contribution in [-0.2, 0) is 37.9 Å². The van der Waals surface area contributed by atoms with Gasteiger partial charge in [-0.2, -0.15) is 15.2 Å². The Morgan fingerprint density at radius 2 is 1.85 bits per heavy atom. The molecule has 220 valence electrons. The van der Waals surface area contributed by atoms with Crippen LogP contribution in [0.4, 0.5) is 0 Å². The van der Waals surface area contributed by atoms with Crippen molar-refractivity contribution in [1.29, 1.82) is 10.5 Å². The van der Waals surface area contributed by atoms with Crippen LogP contribution in [0.15, 0.2) is 4.79 Å². The highest BCUT2D eigenvalue weighted by atomic mass is 31.2. The number of aromatic nitrogens is 5. The fourth-order valence-electron chi connectivity index (χ4n) is 3.81. The first-order valence-electron chi connectivity index (χ1n) is 11.8. The SMILES string of the molecule is CC(=O)OC1C(COC(C(=O)O)P(NC(C)C)OCC#N)OC(n2nnc3c(C#N)nn(O)c3c2=O)C1OC(C)=O. The third-order valence-corrected chi connectivity index (χ3v) is 7.20. The first-order chi connectivity index (χ1) is 19.4. The van der Waals surface area contributed by atoms with Gasteiger partial charge < -0.3 is 33.8 Å². The quantitative estimate of drug-likeness (QED) is 0.153. The fraction of sp³-hybridized carbons (Fsp3) is 0.571. The van der Waals surface area contributed by atoms with Gasteiger partial charge in [0.2, 0.25) is 5.85 Å². The van der Waals surface area contributed by atoms with Crippen LogP contribution < -0.4 is 10.6 Å². The molecule has 0 aromatic carbocycles. The molecular formula is C21H25N8O11P. The number of carboxylic acids is 1. The van der Waals surface area contributed by atoms with Crippen LogP contribution in [0.1, 0.15) is 39.6 Å². The molecule has 3 rings (SSSR count). The molecular weight excluding hydrogens is 571 g/mol. The van der Waals surface area contributed by atoms with Gasteiger partial charge in [0.05, 0.1) is 12.7 Å². The van der Waals surface area contributed by atoms with E-state index in [1.165, 1.54) is 0 Å². The summed E-state index contributed by atoms with van der Waals surface area (Å²) in [6.07, 6.45) is -5.90. The molecule has 6 atom stereocenters. The highest BCUT2D eigenvalue weighted by Gasteiger charge is 2.52. The number of ether oxygens (including phenoxy) is 4. The normalized spacial score (nSPS) is 21.6. The van der Waals surface area contributed by atoms with Gasteiger partial charge in [-0.15, -0.1) is 10.2 Å². The van der Waals surface area contributed by atoms with Crippen LogP contribution in [-0.4, -0.2) is 96.6 Å². The van der Waals surface area contributed by atoms with Gasteiger partial charge in [0.15, 0.2) is 35.2 Å². The first-order valence-corrected chi connectivity index (χ1v) is 13.1. The molecule has 0 bridgehead atoms. The fourth-order valence-corrected chi connectivity index (χ4v) is 5.28. The molecule has 20 heteroatoms. The van der Waals surface area contributed by atoms with E-state index in [1.807, 2.05) is 0 Å². The molecule has 0 amide bonds. The summed E-state index contributed by atoms with van der Waals surface area (Å²) in [6.45, 7) is 4.54. The van der Waals surface area contributed by atoms with Gasteiger partial charge in [0, 0.05) is 19.9 Å². The number of aliphatic carboxylic acids is 1. The van der Waals surface area contributed by atoms with Crippen LogP contribution in [0.5, 0.6) is 0 Å². The van der Waals surface area contributed by atoms with E-state index in [-0.39, 0.29) is 16.4 Å². The van der Waals surface area contributed by atoms with Crippen LogP contribution in [0, 0.1) is 22.7 Å². The summed E-state index contributed by atoms with van der Waals surface area (Å²) in [5.41, 5.74) is -2.31. The Kier molecular flexibility index (Phi) is 10.2. The number of nitriles is 2. The summed E-state index contributed by atoms with van der Waals surface area (Å²) in [6, 6.07) is 3.16. The third kappa shape index (κ3) is 7.09. The Morgan fingerprint density at radius 1 is 1.20 bits per heavy atom. The Hall–Kier alpha value is -4.26. The molecule has 0 aliphatic carbocycles. The number of carbonyl (C=O) groups excluding carboxylic acids is 2. The lowest BCUT2D eigenvalue weighted by molar-refractivity contribution is -0.166. The molecule has 6 unspecified atom stereocenters. The number of hydrogen-bond acceptors (Lipinski definition) is 16. The number of fused-ring (bicyclic) bond motifs is 1. The Labute approximate surface area is 231 Å². The molecule has 0 radical (unpaired) electrons. The predicted molar refractivity (Wildman–Crippen MR) is 131 cm³/mol. The van der Waals surface area contributed by atoms with E-state index in [0.29, 0.717) is 4.68 Å². The standard InChI is InChI=1S/C21H25N8O11P/c1-9(2)26-41(37-6-5-22)21(20(33)34)36-8-13-16(38-10(3)30)17(39-11(4)31)19(40-13)28-18(32)15-14(24-27-28)12(7-23)25-29(15)35/h9,13,16-17,19,21,26,35H,6,8H2,1-4H3,(H,33,34). The molecule has 1 aliphatic rings. The summed E-state index contributed by atoms with van der Waals surface area (Å²) < 4.78 is 28.0. The first kappa shape index (κ1) is 31.3. The number of rotatable bonds is 12. The van der Waals surface area contributed by atoms with Crippen molar-refractivity contribution in [1.82, 2.24) is 30.0 Å². The zero-order valence-corrected chi connectivity index (χ0v) is 22.9. The smallest absolute Gasteiger partial charge is 0.341 e. The van der Waals surface area contributed by atoms with Crippen molar-refractivity contribution in [3.8, 4) is 12.1 Å². The molecule has 41 heavy (non-hydrogen) atoms. The lowest BCUT2D eigenvalue weighted by Crippen LogP contribution is -2.43. The Morgan fingerprint density at radius 3 is 2.41 bits per heavy atom. The molecule has 3 N–H and O–H groups in total. The van der Waals surface area contributed by atoms with Gasteiger partial charge in [-0.1, -0.05) is 10.1 Å². The zero-order valence-electron chi connectivity index (χ0n) is 22.0. The van der Waals surface area contributed by atoms with Gasteiger partial charge in [0.25, 0.3) is 0 Å². The van der Waals surface area contributed by atoms with Crippen molar-refractivity contribution in [2.24, 2.45) is 0 Å². The third-order valence-electron chi connectivity index (χ3n) is 5.23. The number of nitrogens with one attached hydrogen (secondary N) is 1. The molecule has 2 aromatic heterocycles. The zero-order chi connectivity index (χ0) is 30.4. The van der Waals surface area contributed by atoms with E-state index < -0.39 is 86.6 Å². The van der Waals surface area contributed by atoms with Crippen LogP contribution in [0.3, 0.4) is 0 Å². The minimum Gasteiger partial charge on any atom is -0.479 e. The van der Waals surface area contributed by atoms with E-state index in [2.05, 4.69) is 20.5 Å². The summed E-state index contributed by atoms with van der Waals surface area (Å²) in [5, 5.41) is 51.7. The average molecular weight is 596 g/mol. The number of carbonyl (C=O) groups is 3. The summed E-state index contributed by atoms with van der Waals surface area (Å²) >= 11 is 0. The molecule has 0 saturated carbocycles. The topological polar surface area (TPSA) is 263 Å². The number of esters is 2. The van der Waals surface area contributed by atoms with Gasteiger partial charge >= 0.3 is 23.5 Å². The number of hydrogen-bond donors (Lipinski definition) is 3. The van der Waals surface area contributed by atoms with E-state index in [0.717, 1.165) is 13.8 Å². The Bertz CT molecular complexity index is 1450. The minimum atomic E-state index is -2.05. The maximum atomic E-state index is 13.2. The molecule has 0 spiro atoms. The maximum Gasteiger partial charge on any atom is 0.341 e. The van der Waals surface area contributed by atoms with Crippen LogP contribution in [0.25, 0.3) is 11.0 Å². The van der Waals surface area contributed by atoms with Crippen molar-refractivity contribution in [2.75, 3.05) is 13.2 Å². The van der Waals surface area contributed by atoms with E-state index in [9.17, 15) is 29.5 Å². The van der Waals surface area contributed by atoms with Crippen molar-refractivity contribution in [3.05, 3.63) is 16.0 Å². The molecule has 19 nitrogen and oxygen atoms in total. The van der Waals surface area contributed by atoms with Crippen LogP contribution in [0.2, 0.25) is 0 Å². The predicted octanol–water partition coefficient (Wildman–Crippen LogP) is -0.865. The van der Waals surface area contributed by atoms with Gasteiger partial charge in [-0.3, -0.25) is 19.5 Å². The molecule has 1 aliphatic heterocycles. The monoisotopic (exact) mass is 596 g/mol. The molecule has 1 fully saturated rings. The van der Waals surface area contributed by atoms with Crippen molar-refractivity contribution < 1.29 is 48.2 Å². The Balaban J connectivity index is 2.00. The number of carboxylic acid groups (broad SMARTS) is 1. The largest absolute Gasteiger partial charge is 0.479 e. The van der Waals surface area contributed by atoms with Crippen molar-refractivity contribution in [2.45, 2.75) is 64.1 Å². The molecule has 3 heterocycles. The highest BCUT2D eigenvalue weighted by Crippen LogP contribution is 2.41. The van der Waals surface area contributed by atoms with Crippen molar-refractivity contribution in [3.63, 3.8) is 0 Å². The summed E-state index contributed by atoms with van der Waals surface area (Å²) in [7, 11) is -2.05. The van der Waals surface area contributed by atoms with Gasteiger partial charge in [-0.25, -0.2) is 4.79 Å². The van der Waals surface area contributed by atoms with E-state index in [1.54, 1.807) is 26.0 Å². The second-order valence-corrected chi connectivity index (χ2v) is 10.3. The lowest BCUT2D eigenvalue weighted by atomic mass is 10.1. The van der Waals surface area contributed by atoms with Gasteiger partial charge in [0.1, 0.15) is 27.1 Å². The van der Waals surface area contributed by atoms with E-state index in [4.69, 9.17) is 34.0 Å². The second kappa shape index (κ2) is 13.4. The van der Waals surface area contributed by atoms with Crippen molar-refractivity contribution >= 4 is 37.2 Å². The molecule has 1 saturated heterocycles. The van der Waals surface area contributed by atoms with Gasteiger partial charge in [-0.05, 0) is 13.8 Å². The molecule has 2 aromatic rings. The summed E-state index contributed by atoms with van der Waals surface area (Å²) in [5.74, 6) is -4.76. The maximum absolute atomic E-state index is 13.2. The van der Waals surface area contributed by atoms with E-state index >= 15 is 0 Å².